The molecule has 5 nitrogen and oxygen atoms in total. The highest BCUT2D eigenvalue weighted by molar-refractivity contribution is 5.98. The van der Waals surface area contributed by atoms with E-state index in [1.165, 1.54) is 7.11 Å². The molecule has 0 unspecified atom stereocenters. The smallest absolute Gasteiger partial charge is 0.328 e. The predicted molar refractivity (Wildman–Crippen MR) is 123 cm³/mol. The molecule has 2 atom stereocenters. The van der Waals surface area contributed by atoms with Crippen LogP contribution < -0.4 is 5.32 Å². The first-order chi connectivity index (χ1) is 15.6. The summed E-state index contributed by atoms with van der Waals surface area (Å²) >= 11 is 0. The van der Waals surface area contributed by atoms with E-state index in [1.807, 2.05) is 91.0 Å². The second-order valence-corrected chi connectivity index (χ2v) is 7.66. The predicted octanol–water partition coefficient (Wildman–Crippen LogP) is 4.23. The number of nitrogens with zero attached hydrogens (tertiary/aromatic N) is 1. The third kappa shape index (κ3) is 4.40. The molecule has 5 heteroatoms. The fourth-order valence-electron chi connectivity index (χ4n) is 4.03. The lowest BCUT2D eigenvalue weighted by Gasteiger charge is -2.36. The highest BCUT2D eigenvalue weighted by atomic mass is 16.5. The van der Waals surface area contributed by atoms with E-state index in [-0.39, 0.29) is 12.3 Å². The van der Waals surface area contributed by atoms with Crippen LogP contribution in [0, 0.1) is 17.2 Å². The first-order valence-electron chi connectivity index (χ1n) is 10.5. The Bertz CT molecular complexity index is 979. The van der Waals surface area contributed by atoms with Gasteiger partial charge >= 0.3 is 5.97 Å². The Morgan fingerprint density at radius 1 is 0.875 bits per heavy atom. The number of amides is 1. The first kappa shape index (κ1) is 22.8. The third-order valence-corrected chi connectivity index (χ3v) is 5.69. The number of esters is 1. The molecule has 0 aliphatic heterocycles. The van der Waals surface area contributed by atoms with Crippen LogP contribution in [0.4, 0.5) is 0 Å². The van der Waals surface area contributed by atoms with Crippen molar-refractivity contribution in [2.75, 3.05) is 7.11 Å². The lowest BCUT2D eigenvalue weighted by molar-refractivity contribution is -0.147. The molecular weight excluding hydrogens is 400 g/mol. The molecule has 0 bridgehead atoms. The van der Waals surface area contributed by atoms with E-state index in [0.717, 1.165) is 16.7 Å². The molecule has 162 valence electrons. The van der Waals surface area contributed by atoms with Crippen molar-refractivity contribution < 1.29 is 14.3 Å². The van der Waals surface area contributed by atoms with E-state index in [2.05, 4.69) is 11.4 Å². The maximum Gasteiger partial charge on any atom is 0.328 e. The molecule has 0 radical (unpaired) electrons. The van der Waals surface area contributed by atoms with Crippen LogP contribution in [0.25, 0.3) is 0 Å². The van der Waals surface area contributed by atoms with Crippen molar-refractivity contribution in [3.8, 4) is 6.07 Å². The summed E-state index contributed by atoms with van der Waals surface area (Å²) < 4.78 is 4.95. The van der Waals surface area contributed by atoms with E-state index in [1.54, 1.807) is 6.92 Å². The van der Waals surface area contributed by atoms with Gasteiger partial charge in [0.1, 0.15) is 11.5 Å². The van der Waals surface area contributed by atoms with Crippen molar-refractivity contribution in [2.45, 2.75) is 24.8 Å². The molecule has 3 aromatic carbocycles. The number of nitriles is 1. The van der Waals surface area contributed by atoms with Crippen LogP contribution in [0.2, 0.25) is 0 Å². The molecule has 1 N–H and O–H groups in total. The number of ether oxygens (including phenoxy) is 1. The van der Waals surface area contributed by atoms with Gasteiger partial charge in [-0.1, -0.05) is 97.9 Å². The van der Waals surface area contributed by atoms with E-state index < -0.39 is 23.3 Å². The molecule has 32 heavy (non-hydrogen) atoms. The van der Waals surface area contributed by atoms with Crippen LogP contribution in [0.5, 0.6) is 0 Å². The standard InChI is InChI=1S/C27H26N2O3/c1-20(18-19-28)24(25(30)32-2)29-26(31)27(21-12-6-3-7-13-21,22-14-8-4-9-15-22)23-16-10-5-11-17-23/h3-17,20,24H,18H2,1-2H3,(H,29,31)/t20-,24-/m1/s1. The van der Waals surface area contributed by atoms with Gasteiger partial charge in [0.25, 0.3) is 0 Å². The summed E-state index contributed by atoms with van der Waals surface area (Å²) in [5, 5.41) is 12.1. The van der Waals surface area contributed by atoms with Gasteiger partial charge in [-0.3, -0.25) is 4.79 Å². The van der Waals surface area contributed by atoms with Crippen molar-refractivity contribution >= 4 is 11.9 Å². The third-order valence-electron chi connectivity index (χ3n) is 5.69. The van der Waals surface area contributed by atoms with Crippen molar-refractivity contribution in [1.82, 2.24) is 5.32 Å². The molecule has 0 aliphatic carbocycles. The number of hydrogen-bond donors (Lipinski definition) is 1. The number of carbonyl (C=O) groups excluding carboxylic acids is 2. The average molecular weight is 427 g/mol. The summed E-state index contributed by atoms with van der Waals surface area (Å²) in [5.74, 6) is -1.36. The van der Waals surface area contributed by atoms with Gasteiger partial charge in [0, 0.05) is 12.3 Å². The Balaban J connectivity index is 2.23. The number of carbonyl (C=O) groups is 2. The van der Waals surface area contributed by atoms with Gasteiger partial charge in [-0.15, -0.1) is 0 Å². The van der Waals surface area contributed by atoms with Gasteiger partial charge in [-0.05, 0) is 16.7 Å². The molecule has 3 aromatic rings. The number of benzene rings is 3. The van der Waals surface area contributed by atoms with Crippen LogP contribution in [0.15, 0.2) is 91.0 Å². The fourth-order valence-corrected chi connectivity index (χ4v) is 4.03. The number of methoxy groups -OCH3 is 1. The quantitative estimate of drug-likeness (QED) is 0.432. The molecule has 0 aliphatic rings. The van der Waals surface area contributed by atoms with Gasteiger partial charge in [0.15, 0.2) is 0 Å². The molecule has 0 saturated heterocycles. The summed E-state index contributed by atoms with van der Waals surface area (Å²) in [6.45, 7) is 1.75. The number of hydrogen-bond acceptors (Lipinski definition) is 4. The molecule has 0 heterocycles. The zero-order valence-corrected chi connectivity index (χ0v) is 18.2. The largest absolute Gasteiger partial charge is 0.467 e. The van der Waals surface area contributed by atoms with Gasteiger partial charge in [-0.2, -0.15) is 5.26 Å². The molecule has 3 rings (SSSR count). The lowest BCUT2D eigenvalue weighted by Crippen LogP contribution is -2.54. The second kappa shape index (κ2) is 10.4. The second-order valence-electron chi connectivity index (χ2n) is 7.66. The van der Waals surface area contributed by atoms with E-state index >= 15 is 0 Å². The lowest BCUT2D eigenvalue weighted by atomic mass is 9.68. The Hall–Kier alpha value is -3.91. The van der Waals surface area contributed by atoms with Gasteiger partial charge in [-0.25, -0.2) is 4.79 Å². The minimum atomic E-state index is -1.21. The number of rotatable bonds is 8. The zero-order chi connectivity index (χ0) is 23.0. The maximum atomic E-state index is 14.2. The van der Waals surface area contributed by atoms with Crippen LogP contribution >= 0.6 is 0 Å². The van der Waals surface area contributed by atoms with Crippen molar-refractivity contribution in [3.05, 3.63) is 108 Å². The molecule has 0 spiro atoms. The minimum Gasteiger partial charge on any atom is -0.467 e. The molecule has 0 fully saturated rings. The van der Waals surface area contributed by atoms with Crippen LogP contribution in [0.1, 0.15) is 30.0 Å². The number of nitrogens with one attached hydrogen (secondary N) is 1. The summed E-state index contributed by atoms with van der Waals surface area (Å²) in [4.78, 5) is 26.8. The highest BCUT2D eigenvalue weighted by Crippen LogP contribution is 2.39. The summed E-state index contributed by atoms with van der Waals surface area (Å²) in [6, 6.07) is 29.6. The SMILES string of the molecule is COC(=O)[C@H](NC(=O)C(c1ccccc1)(c1ccccc1)c1ccccc1)[C@H](C)CC#N. The van der Waals surface area contributed by atoms with Crippen LogP contribution in [0.3, 0.4) is 0 Å². The molecule has 1 amide bonds. The van der Waals surface area contributed by atoms with Crippen molar-refractivity contribution in [1.29, 1.82) is 5.26 Å². The fraction of sp³-hybridized carbons (Fsp3) is 0.222. The first-order valence-corrected chi connectivity index (χ1v) is 10.5. The Labute approximate surface area is 188 Å². The van der Waals surface area contributed by atoms with Crippen molar-refractivity contribution in [2.24, 2.45) is 5.92 Å². The van der Waals surface area contributed by atoms with Gasteiger partial charge in [0.05, 0.1) is 13.2 Å². The molecule has 0 saturated carbocycles. The Morgan fingerprint density at radius 2 is 1.28 bits per heavy atom. The summed E-state index contributed by atoms with van der Waals surface area (Å²) in [5.41, 5.74) is 1.10. The maximum absolute atomic E-state index is 14.2. The normalized spacial score (nSPS) is 12.8. The van der Waals surface area contributed by atoms with Gasteiger partial charge < -0.3 is 10.1 Å². The van der Waals surface area contributed by atoms with E-state index in [9.17, 15) is 9.59 Å². The minimum absolute atomic E-state index is 0.106. The van der Waals surface area contributed by atoms with Crippen LogP contribution in [-0.2, 0) is 19.7 Å². The Morgan fingerprint density at radius 3 is 1.62 bits per heavy atom. The zero-order valence-electron chi connectivity index (χ0n) is 18.2. The topological polar surface area (TPSA) is 79.2 Å². The Kier molecular flexibility index (Phi) is 7.41. The molecule has 0 aromatic heterocycles. The van der Waals surface area contributed by atoms with E-state index in [4.69, 9.17) is 10.00 Å². The van der Waals surface area contributed by atoms with Gasteiger partial charge in [0.2, 0.25) is 5.91 Å². The van der Waals surface area contributed by atoms with Crippen LogP contribution in [-0.4, -0.2) is 25.0 Å². The monoisotopic (exact) mass is 426 g/mol. The summed E-state index contributed by atoms with van der Waals surface area (Å²) in [6.07, 6.45) is 0.106. The van der Waals surface area contributed by atoms with Crippen molar-refractivity contribution in [3.63, 3.8) is 0 Å². The summed E-state index contributed by atoms with van der Waals surface area (Å²) in [7, 11) is 1.28. The average Bonchev–Trinajstić information content (AvgIpc) is 2.84. The van der Waals surface area contributed by atoms with E-state index in [0.29, 0.717) is 0 Å². The highest BCUT2D eigenvalue weighted by Gasteiger charge is 2.45. The molecular formula is C27H26N2O3.